The molecule has 2 aliphatic carbocycles. The quantitative estimate of drug-likeness (QED) is 0.376. The van der Waals surface area contributed by atoms with E-state index in [1.165, 1.54) is 4.90 Å². The third-order valence-electron chi connectivity index (χ3n) is 8.48. The molecule has 2 aromatic rings. The first kappa shape index (κ1) is 22.0. The highest BCUT2D eigenvalue weighted by molar-refractivity contribution is 6.22. The first-order valence-electron chi connectivity index (χ1n) is 12.5. The Bertz CT molecular complexity index is 1170. The maximum atomic E-state index is 13.0. The average Bonchev–Trinajstić information content (AvgIpc) is 3.63. The van der Waals surface area contributed by atoms with Crippen LogP contribution in [0.2, 0.25) is 0 Å². The number of carbonyl (C=O) groups is 4. The number of fused-ring (bicyclic) bond motifs is 5. The Hall–Kier alpha value is -3.48. The number of amides is 3. The topological polar surface area (TPSA) is 84.0 Å². The van der Waals surface area contributed by atoms with E-state index < -0.39 is 11.9 Å². The van der Waals surface area contributed by atoms with Crippen LogP contribution in [0.5, 0.6) is 5.75 Å². The van der Waals surface area contributed by atoms with Gasteiger partial charge in [-0.2, -0.15) is 0 Å². The van der Waals surface area contributed by atoms with Gasteiger partial charge in [-0.25, -0.2) is 0 Å². The first-order chi connectivity index (χ1) is 16.9. The second-order valence-corrected chi connectivity index (χ2v) is 10.3. The number of benzene rings is 2. The van der Waals surface area contributed by atoms with E-state index in [4.69, 9.17) is 4.74 Å². The number of likely N-dealkylation sites (tertiary alicyclic amines) is 1. The molecule has 2 saturated heterocycles. The van der Waals surface area contributed by atoms with Gasteiger partial charge in [0.2, 0.25) is 17.7 Å². The van der Waals surface area contributed by atoms with Crippen molar-refractivity contribution in [1.29, 1.82) is 0 Å². The molecule has 0 N–H and O–H groups in total. The Labute approximate surface area is 204 Å². The number of nitrogens with zero attached hydrogens (tertiary/aromatic N) is 2. The molecule has 0 aromatic heterocycles. The van der Waals surface area contributed by atoms with E-state index in [1.54, 1.807) is 29.2 Å². The van der Waals surface area contributed by atoms with Crippen LogP contribution in [-0.2, 0) is 19.2 Å². The summed E-state index contributed by atoms with van der Waals surface area (Å²) in [7, 11) is 0. The minimum Gasteiger partial charge on any atom is -0.426 e. The van der Waals surface area contributed by atoms with Gasteiger partial charge in [-0.3, -0.25) is 24.1 Å². The zero-order valence-corrected chi connectivity index (χ0v) is 19.6. The summed E-state index contributed by atoms with van der Waals surface area (Å²) in [4.78, 5) is 54.5. The Morgan fingerprint density at radius 1 is 0.914 bits per heavy atom. The third kappa shape index (κ3) is 3.56. The number of esters is 1. The summed E-state index contributed by atoms with van der Waals surface area (Å²) in [6.45, 7) is 2.27. The molecule has 2 saturated carbocycles. The lowest BCUT2D eigenvalue weighted by Crippen LogP contribution is -2.32. The molecule has 180 valence electrons. The van der Waals surface area contributed by atoms with Crippen LogP contribution in [0.25, 0.3) is 0 Å². The summed E-state index contributed by atoms with van der Waals surface area (Å²) in [5.74, 6) is -0.555. The molecule has 3 amide bonds. The van der Waals surface area contributed by atoms with Crippen molar-refractivity contribution in [2.75, 3.05) is 11.4 Å². The second-order valence-electron chi connectivity index (χ2n) is 10.3. The largest absolute Gasteiger partial charge is 0.426 e. The molecule has 35 heavy (non-hydrogen) atoms. The lowest BCUT2D eigenvalue weighted by molar-refractivity contribution is -0.139. The minimum absolute atomic E-state index is 0.0655. The van der Waals surface area contributed by atoms with Crippen molar-refractivity contribution in [2.24, 2.45) is 29.6 Å². The van der Waals surface area contributed by atoms with Crippen molar-refractivity contribution >= 4 is 29.4 Å². The normalized spacial score (nSPS) is 30.2. The molecule has 2 heterocycles. The first-order valence-corrected chi connectivity index (χ1v) is 12.5. The average molecular weight is 473 g/mol. The fraction of sp³-hybridized carbons (Fsp3) is 0.429. The van der Waals surface area contributed by atoms with Gasteiger partial charge in [-0.05, 0) is 67.9 Å². The Balaban J connectivity index is 1.11. The fourth-order valence-corrected chi connectivity index (χ4v) is 6.70. The van der Waals surface area contributed by atoms with Gasteiger partial charge in [0.05, 0.1) is 29.5 Å². The molecule has 0 radical (unpaired) electrons. The smallest absolute Gasteiger partial charge is 0.316 e. The number of hydrogen-bond acceptors (Lipinski definition) is 5. The van der Waals surface area contributed by atoms with Crippen molar-refractivity contribution in [2.45, 2.75) is 38.6 Å². The van der Waals surface area contributed by atoms with Crippen molar-refractivity contribution < 1.29 is 23.9 Å². The highest BCUT2D eigenvalue weighted by Gasteiger charge is 2.61. The number of carbonyl (C=O) groups excluding carboxylic acids is 4. The fourth-order valence-electron chi connectivity index (χ4n) is 6.70. The molecule has 7 nitrogen and oxygen atoms in total. The summed E-state index contributed by atoms with van der Waals surface area (Å²) in [6.07, 6.45) is 3.20. The van der Waals surface area contributed by atoms with Gasteiger partial charge in [0, 0.05) is 13.0 Å². The van der Waals surface area contributed by atoms with E-state index in [1.807, 2.05) is 37.3 Å². The molecule has 7 heteroatoms. The van der Waals surface area contributed by atoms with Gasteiger partial charge in [0.15, 0.2) is 0 Å². The SMILES string of the molecule is C[C@H](c1ccccc1)N1C[C@H](C(=O)Oc2ccc(N3C(=O)[C@H]4[C@H]5CC[C@@H](C5)[C@@H]4C3=O)cc2)CC1=O. The molecular formula is C28H28N2O5. The molecular weight excluding hydrogens is 444 g/mol. The number of imide groups is 1. The summed E-state index contributed by atoms with van der Waals surface area (Å²) >= 11 is 0. The highest BCUT2D eigenvalue weighted by atomic mass is 16.5. The van der Waals surface area contributed by atoms with E-state index in [2.05, 4.69) is 0 Å². The summed E-state index contributed by atoms with van der Waals surface area (Å²) in [6, 6.07) is 16.1. The van der Waals surface area contributed by atoms with Gasteiger partial charge in [-0.1, -0.05) is 30.3 Å². The number of hydrogen-bond donors (Lipinski definition) is 0. The van der Waals surface area contributed by atoms with Crippen molar-refractivity contribution in [3.05, 3.63) is 60.2 Å². The zero-order valence-electron chi connectivity index (χ0n) is 19.6. The van der Waals surface area contributed by atoms with Crippen LogP contribution in [0.15, 0.2) is 54.6 Å². The van der Waals surface area contributed by atoms with Gasteiger partial charge >= 0.3 is 5.97 Å². The number of anilines is 1. The van der Waals surface area contributed by atoms with Crippen LogP contribution in [0.1, 0.15) is 44.2 Å². The van der Waals surface area contributed by atoms with Gasteiger partial charge in [0.1, 0.15) is 5.75 Å². The van der Waals surface area contributed by atoms with Crippen molar-refractivity contribution in [3.63, 3.8) is 0 Å². The molecule has 2 aliphatic heterocycles. The Morgan fingerprint density at radius 3 is 2.17 bits per heavy atom. The lowest BCUT2D eigenvalue weighted by atomic mass is 9.81. The van der Waals surface area contributed by atoms with Crippen LogP contribution in [0.3, 0.4) is 0 Å². The Kier molecular flexibility index (Phi) is 5.24. The molecule has 0 spiro atoms. The van der Waals surface area contributed by atoms with Crippen LogP contribution >= 0.6 is 0 Å². The molecule has 2 aromatic carbocycles. The summed E-state index contributed by atoms with van der Waals surface area (Å²) < 4.78 is 5.56. The van der Waals surface area contributed by atoms with Crippen LogP contribution in [-0.4, -0.2) is 35.1 Å². The molecule has 4 aliphatic rings. The summed E-state index contributed by atoms with van der Waals surface area (Å²) in [5, 5.41) is 0. The van der Waals surface area contributed by atoms with E-state index >= 15 is 0 Å². The number of rotatable bonds is 5. The van der Waals surface area contributed by atoms with E-state index in [0.717, 1.165) is 24.8 Å². The second kappa shape index (κ2) is 8.33. The zero-order chi connectivity index (χ0) is 24.3. The van der Waals surface area contributed by atoms with Crippen LogP contribution < -0.4 is 9.64 Å². The maximum absolute atomic E-state index is 13.0. The van der Waals surface area contributed by atoms with Crippen molar-refractivity contribution in [3.8, 4) is 5.75 Å². The maximum Gasteiger partial charge on any atom is 0.316 e. The minimum atomic E-state index is -0.537. The van der Waals surface area contributed by atoms with Gasteiger partial charge < -0.3 is 9.64 Å². The van der Waals surface area contributed by atoms with E-state index in [0.29, 0.717) is 29.8 Å². The number of ether oxygens (including phenoxy) is 1. The van der Waals surface area contributed by atoms with Crippen molar-refractivity contribution in [1.82, 2.24) is 4.90 Å². The van der Waals surface area contributed by atoms with Gasteiger partial charge in [-0.15, -0.1) is 0 Å². The van der Waals surface area contributed by atoms with E-state index in [9.17, 15) is 19.2 Å². The summed E-state index contributed by atoms with van der Waals surface area (Å²) in [5.41, 5.74) is 1.54. The van der Waals surface area contributed by atoms with Gasteiger partial charge in [0.25, 0.3) is 0 Å². The van der Waals surface area contributed by atoms with Crippen LogP contribution in [0.4, 0.5) is 5.69 Å². The third-order valence-corrected chi connectivity index (χ3v) is 8.48. The molecule has 2 bridgehead atoms. The molecule has 4 fully saturated rings. The standard InChI is InChI=1S/C28H28N2O5/c1-16(17-5-3-2-4-6-17)29-15-20(14-23(29)31)28(34)35-22-11-9-21(10-12-22)30-26(32)24-18-7-8-19(13-18)25(24)27(30)33/h2-6,9-12,16,18-20,24-25H,7-8,13-15H2,1H3/t16-,18+,19+,20-,24+,25+/m1/s1. The Morgan fingerprint density at radius 2 is 1.54 bits per heavy atom. The molecule has 6 atom stereocenters. The molecule has 0 unspecified atom stereocenters. The highest BCUT2D eigenvalue weighted by Crippen LogP contribution is 2.56. The molecule has 6 rings (SSSR count). The van der Waals surface area contributed by atoms with E-state index in [-0.39, 0.29) is 42.0 Å². The monoisotopic (exact) mass is 472 g/mol. The predicted octanol–water partition coefficient (Wildman–Crippen LogP) is 3.74. The van der Waals surface area contributed by atoms with Crippen LogP contribution in [0, 0.1) is 29.6 Å². The lowest BCUT2D eigenvalue weighted by Gasteiger charge is -2.25. The predicted molar refractivity (Wildman–Crippen MR) is 127 cm³/mol.